The molecule has 2 amide bonds. The molecule has 0 aromatic heterocycles. The van der Waals surface area contributed by atoms with Gasteiger partial charge in [-0.25, -0.2) is 4.79 Å². The summed E-state index contributed by atoms with van der Waals surface area (Å²) in [5, 5.41) is 14.3. The first kappa shape index (κ1) is 16.0. The minimum atomic E-state index is -0.868. The summed E-state index contributed by atoms with van der Waals surface area (Å²) in [7, 11) is 0. The van der Waals surface area contributed by atoms with Crippen LogP contribution in [0.2, 0.25) is 5.02 Å². The van der Waals surface area contributed by atoms with E-state index in [9.17, 15) is 9.59 Å². The lowest BCUT2D eigenvalue weighted by atomic mass is 10.2. The summed E-state index contributed by atoms with van der Waals surface area (Å²) in [5.41, 5.74) is 0.836. The Hall–Kier alpha value is -1.02. The fraction of sp³-hybridized carbons (Fsp3) is 0.333. The topological polar surface area (TPSA) is 78.4 Å². The molecule has 0 radical (unpaired) electrons. The SMILES string of the molecule is O=C(O)CCCNC(=O)NCc1ccc(I)cc1Cl. The average molecular weight is 397 g/mol. The highest BCUT2D eigenvalue weighted by molar-refractivity contribution is 14.1. The number of nitrogens with one attached hydrogen (secondary N) is 2. The number of aliphatic carboxylic acids is 1. The number of urea groups is 1. The van der Waals surface area contributed by atoms with Gasteiger partial charge in [-0.1, -0.05) is 17.7 Å². The van der Waals surface area contributed by atoms with Gasteiger partial charge in [0.15, 0.2) is 0 Å². The fourth-order valence-corrected chi connectivity index (χ4v) is 2.27. The molecular weight excluding hydrogens is 382 g/mol. The zero-order valence-corrected chi connectivity index (χ0v) is 13.0. The number of halogens is 2. The highest BCUT2D eigenvalue weighted by Crippen LogP contribution is 2.18. The Balaban J connectivity index is 2.28. The molecule has 0 spiro atoms. The lowest BCUT2D eigenvalue weighted by Crippen LogP contribution is -2.35. The zero-order valence-electron chi connectivity index (χ0n) is 10.1. The molecule has 0 aliphatic heterocycles. The maximum Gasteiger partial charge on any atom is 0.315 e. The molecule has 19 heavy (non-hydrogen) atoms. The minimum Gasteiger partial charge on any atom is -0.481 e. The van der Waals surface area contributed by atoms with Gasteiger partial charge in [0, 0.05) is 28.1 Å². The van der Waals surface area contributed by atoms with Crippen molar-refractivity contribution in [2.24, 2.45) is 0 Å². The van der Waals surface area contributed by atoms with Gasteiger partial charge < -0.3 is 15.7 Å². The summed E-state index contributed by atoms with van der Waals surface area (Å²) < 4.78 is 1.03. The van der Waals surface area contributed by atoms with Gasteiger partial charge in [0.05, 0.1) is 0 Å². The van der Waals surface area contributed by atoms with E-state index in [1.807, 2.05) is 18.2 Å². The van der Waals surface area contributed by atoms with Crippen molar-refractivity contribution in [1.29, 1.82) is 0 Å². The van der Waals surface area contributed by atoms with Gasteiger partial charge in [-0.15, -0.1) is 0 Å². The molecule has 0 aliphatic rings. The first-order valence-electron chi connectivity index (χ1n) is 5.66. The Kier molecular flexibility index (Phi) is 6.93. The molecule has 0 atom stereocenters. The molecule has 0 bridgehead atoms. The van der Waals surface area contributed by atoms with Gasteiger partial charge in [-0.2, -0.15) is 0 Å². The van der Waals surface area contributed by atoms with Crippen molar-refractivity contribution in [2.45, 2.75) is 19.4 Å². The van der Waals surface area contributed by atoms with Crippen LogP contribution in [0.25, 0.3) is 0 Å². The Morgan fingerprint density at radius 2 is 2.05 bits per heavy atom. The average Bonchev–Trinajstić information content (AvgIpc) is 2.33. The predicted octanol–water partition coefficient (Wildman–Crippen LogP) is 2.61. The molecule has 104 valence electrons. The lowest BCUT2D eigenvalue weighted by molar-refractivity contribution is -0.137. The van der Waals surface area contributed by atoms with Crippen LogP contribution in [0.15, 0.2) is 18.2 Å². The third-order valence-electron chi connectivity index (χ3n) is 2.31. The van der Waals surface area contributed by atoms with Crippen molar-refractivity contribution in [3.63, 3.8) is 0 Å². The van der Waals surface area contributed by atoms with Crippen LogP contribution >= 0.6 is 34.2 Å². The van der Waals surface area contributed by atoms with E-state index in [0.29, 0.717) is 24.5 Å². The van der Waals surface area contributed by atoms with Gasteiger partial charge in [0.2, 0.25) is 0 Å². The maximum absolute atomic E-state index is 11.4. The van der Waals surface area contributed by atoms with Crippen LogP contribution in [-0.2, 0) is 11.3 Å². The van der Waals surface area contributed by atoms with E-state index in [0.717, 1.165) is 9.13 Å². The summed E-state index contributed by atoms with van der Waals surface area (Å²) in [6.07, 6.45) is 0.455. The Bertz CT molecular complexity index is 468. The van der Waals surface area contributed by atoms with E-state index in [2.05, 4.69) is 33.2 Å². The van der Waals surface area contributed by atoms with Crippen molar-refractivity contribution >= 4 is 46.2 Å². The second kappa shape index (κ2) is 8.21. The molecule has 1 rings (SSSR count). The van der Waals surface area contributed by atoms with Crippen molar-refractivity contribution < 1.29 is 14.7 Å². The molecular formula is C12H14ClIN2O3. The molecule has 5 nitrogen and oxygen atoms in total. The summed E-state index contributed by atoms with van der Waals surface area (Å²) in [6.45, 7) is 0.666. The number of carbonyl (C=O) groups excluding carboxylic acids is 1. The molecule has 1 aromatic carbocycles. The summed E-state index contributed by atoms with van der Waals surface area (Å²) in [6, 6.07) is 5.26. The van der Waals surface area contributed by atoms with Crippen LogP contribution < -0.4 is 10.6 Å². The quantitative estimate of drug-likeness (QED) is 0.511. The van der Waals surface area contributed by atoms with E-state index >= 15 is 0 Å². The van der Waals surface area contributed by atoms with E-state index in [1.54, 1.807) is 0 Å². The zero-order chi connectivity index (χ0) is 14.3. The Morgan fingerprint density at radius 3 is 2.68 bits per heavy atom. The van der Waals surface area contributed by atoms with E-state index < -0.39 is 5.97 Å². The smallest absolute Gasteiger partial charge is 0.315 e. The minimum absolute atomic E-state index is 0.0449. The van der Waals surface area contributed by atoms with Gasteiger partial charge >= 0.3 is 12.0 Å². The third-order valence-corrected chi connectivity index (χ3v) is 3.33. The van der Waals surface area contributed by atoms with E-state index in [4.69, 9.17) is 16.7 Å². The largest absolute Gasteiger partial charge is 0.481 e. The Morgan fingerprint density at radius 1 is 1.32 bits per heavy atom. The normalized spacial score (nSPS) is 10.0. The number of carboxylic acids is 1. The van der Waals surface area contributed by atoms with Gasteiger partial charge in [-0.05, 0) is 46.7 Å². The second-order valence-corrected chi connectivity index (χ2v) is 5.50. The van der Waals surface area contributed by atoms with Crippen LogP contribution in [0, 0.1) is 3.57 Å². The molecule has 3 N–H and O–H groups in total. The number of benzene rings is 1. The number of hydrogen-bond acceptors (Lipinski definition) is 2. The molecule has 0 unspecified atom stereocenters. The van der Waals surface area contributed by atoms with Crippen LogP contribution in [0.3, 0.4) is 0 Å². The first-order chi connectivity index (χ1) is 8.99. The molecule has 0 saturated heterocycles. The number of carbonyl (C=O) groups is 2. The summed E-state index contributed by atoms with van der Waals surface area (Å²) >= 11 is 8.19. The standard InChI is InChI=1S/C12H14ClIN2O3/c13-10-6-9(14)4-3-8(10)7-16-12(19)15-5-1-2-11(17)18/h3-4,6H,1-2,5,7H2,(H,17,18)(H2,15,16,19). The molecule has 0 fully saturated rings. The number of hydrogen-bond donors (Lipinski definition) is 3. The fourth-order valence-electron chi connectivity index (χ4n) is 1.34. The third kappa shape index (κ3) is 6.63. The van der Waals surface area contributed by atoms with Crippen molar-refractivity contribution in [2.75, 3.05) is 6.54 Å². The molecule has 0 heterocycles. The summed E-state index contributed by atoms with van der Waals surface area (Å²) in [5.74, 6) is -0.868. The molecule has 0 aliphatic carbocycles. The first-order valence-corrected chi connectivity index (χ1v) is 7.12. The van der Waals surface area contributed by atoms with Crippen molar-refractivity contribution in [1.82, 2.24) is 10.6 Å². The number of carboxylic acid groups (broad SMARTS) is 1. The van der Waals surface area contributed by atoms with Crippen molar-refractivity contribution in [3.8, 4) is 0 Å². The Labute approximate surface area is 129 Å². The maximum atomic E-state index is 11.4. The lowest BCUT2D eigenvalue weighted by Gasteiger charge is -2.08. The second-order valence-electron chi connectivity index (χ2n) is 3.84. The number of rotatable bonds is 6. The predicted molar refractivity (Wildman–Crippen MR) is 81.3 cm³/mol. The van der Waals surface area contributed by atoms with Gasteiger partial charge in [-0.3, -0.25) is 4.79 Å². The molecule has 7 heteroatoms. The van der Waals surface area contributed by atoms with Crippen LogP contribution in [0.4, 0.5) is 4.79 Å². The molecule has 0 saturated carbocycles. The van der Waals surface area contributed by atoms with Gasteiger partial charge in [0.1, 0.15) is 0 Å². The highest BCUT2D eigenvalue weighted by atomic mass is 127. The van der Waals surface area contributed by atoms with Crippen LogP contribution in [0.5, 0.6) is 0 Å². The van der Waals surface area contributed by atoms with E-state index in [1.165, 1.54) is 0 Å². The van der Waals surface area contributed by atoms with Crippen LogP contribution in [0.1, 0.15) is 18.4 Å². The van der Waals surface area contributed by atoms with Gasteiger partial charge in [0.25, 0.3) is 0 Å². The highest BCUT2D eigenvalue weighted by Gasteiger charge is 2.04. The number of amides is 2. The molecule has 1 aromatic rings. The summed E-state index contributed by atoms with van der Waals surface area (Å²) in [4.78, 5) is 21.7. The van der Waals surface area contributed by atoms with E-state index in [-0.39, 0.29) is 12.5 Å². The monoisotopic (exact) mass is 396 g/mol. The van der Waals surface area contributed by atoms with Crippen LogP contribution in [-0.4, -0.2) is 23.7 Å². The van der Waals surface area contributed by atoms with Crippen molar-refractivity contribution in [3.05, 3.63) is 32.4 Å².